The minimum atomic E-state index is 0.904. The second kappa shape index (κ2) is 8.78. The molecule has 1 saturated heterocycles. The standard InChI is InChI=1S/C24H31N5/c1-19-9-6-11-23(21(19)3)28-16-14-27(15-17-28)12-7-13-29-24(18-25-26-29)22-10-5-4-8-20(22)2/h4-6,8-11,18H,7,12-17H2,1-3H3. The van der Waals surface area contributed by atoms with E-state index in [1.54, 1.807) is 0 Å². The Bertz CT molecular complexity index is 953. The van der Waals surface area contributed by atoms with Crippen LogP contribution in [0.3, 0.4) is 0 Å². The zero-order valence-electron chi connectivity index (χ0n) is 17.8. The molecule has 1 aliphatic rings. The van der Waals surface area contributed by atoms with E-state index in [1.807, 2.05) is 6.20 Å². The smallest absolute Gasteiger partial charge is 0.0888 e. The Morgan fingerprint density at radius 3 is 2.38 bits per heavy atom. The van der Waals surface area contributed by atoms with Gasteiger partial charge in [0.1, 0.15) is 0 Å². The fourth-order valence-corrected chi connectivity index (χ4v) is 4.23. The molecule has 5 heteroatoms. The maximum Gasteiger partial charge on any atom is 0.0888 e. The van der Waals surface area contributed by atoms with Crippen LogP contribution in [0.25, 0.3) is 11.3 Å². The summed E-state index contributed by atoms with van der Waals surface area (Å²) in [7, 11) is 0. The van der Waals surface area contributed by atoms with Crippen molar-refractivity contribution in [2.45, 2.75) is 33.7 Å². The molecular weight excluding hydrogens is 358 g/mol. The van der Waals surface area contributed by atoms with Crippen LogP contribution in [0.1, 0.15) is 23.1 Å². The van der Waals surface area contributed by atoms with Crippen LogP contribution >= 0.6 is 0 Å². The summed E-state index contributed by atoms with van der Waals surface area (Å²) >= 11 is 0. The number of benzene rings is 2. The zero-order chi connectivity index (χ0) is 20.2. The van der Waals surface area contributed by atoms with E-state index in [-0.39, 0.29) is 0 Å². The van der Waals surface area contributed by atoms with E-state index in [2.05, 4.69) is 88.0 Å². The molecule has 2 heterocycles. The predicted octanol–water partition coefficient (Wildman–Crippen LogP) is 4.08. The molecule has 1 aromatic heterocycles. The van der Waals surface area contributed by atoms with Crippen molar-refractivity contribution in [2.75, 3.05) is 37.6 Å². The van der Waals surface area contributed by atoms with Gasteiger partial charge in [0, 0.05) is 50.5 Å². The van der Waals surface area contributed by atoms with E-state index in [4.69, 9.17) is 0 Å². The van der Waals surface area contributed by atoms with Crippen LogP contribution in [0.15, 0.2) is 48.7 Å². The minimum absolute atomic E-state index is 0.904. The first-order chi connectivity index (χ1) is 14.1. The summed E-state index contributed by atoms with van der Waals surface area (Å²) in [5, 5.41) is 8.48. The number of rotatable bonds is 6. The lowest BCUT2D eigenvalue weighted by Gasteiger charge is -2.37. The molecule has 0 atom stereocenters. The van der Waals surface area contributed by atoms with Gasteiger partial charge in [0.15, 0.2) is 0 Å². The first kappa shape index (κ1) is 19.6. The number of hydrogen-bond acceptors (Lipinski definition) is 4. The number of nitrogens with zero attached hydrogens (tertiary/aromatic N) is 5. The second-order valence-electron chi connectivity index (χ2n) is 8.06. The second-order valence-corrected chi connectivity index (χ2v) is 8.06. The molecule has 152 valence electrons. The van der Waals surface area contributed by atoms with E-state index in [0.29, 0.717) is 0 Å². The number of anilines is 1. The monoisotopic (exact) mass is 389 g/mol. The van der Waals surface area contributed by atoms with Gasteiger partial charge in [-0.2, -0.15) is 0 Å². The lowest BCUT2D eigenvalue weighted by Crippen LogP contribution is -2.47. The summed E-state index contributed by atoms with van der Waals surface area (Å²) in [5.41, 5.74) is 7.79. The third-order valence-corrected chi connectivity index (χ3v) is 6.17. The highest BCUT2D eigenvalue weighted by atomic mass is 15.4. The molecule has 0 unspecified atom stereocenters. The molecule has 3 aromatic rings. The van der Waals surface area contributed by atoms with Gasteiger partial charge in [0.25, 0.3) is 0 Å². The van der Waals surface area contributed by atoms with Crippen molar-refractivity contribution < 1.29 is 0 Å². The molecule has 0 spiro atoms. The molecule has 1 aliphatic heterocycles. The van der Waals surface area contributed by atoms with E-state index in [1.165, 1.54) is 27.9 Å². The first-order valence-electron chi connectivity index (χ1n) is 10.6. The third kappa shape index (κ3) is 4.35. The van der Waals surface area contributed by atoms with E-state index in [9.17, 15) is 0 Å². The quantitative estimate of drug-likeness (QED) is 0.637. The predicted molar refractivity (Wildman–Crippen MR) is 119 cm³/mol. The van der Waals surface area contributed by atoms with Gasteiger partial charge in [0.05, 0.1) is 11.9 Å². The summed E-state index contributed by atoms with van der Waals surface area (Å²) in [5.74, 6) is 0. The molecule has 2 aromatic carbocycles. The van der Waals surface area contributed by atoms with Gasteiger partial charge in [-0.05, 0) is 49.9 Å². The molecule has 4 rings (SSSR count). The SMILES string of the molecule is Cc1ccccc1-c1cnnn1CCCN1CCN(c2cccc(C)c2C)CC1. The van der Waals surface area contributed by atoms with Gasteiger partial charge >= 0.3 is 0 Å². The summed E-state index contributed by atoms with van der Waals surface area (Å²) < 4.78 is 2.05. The summed E-state index contributed by atoms with van der Waals surface area (Å²) in [6.07, 6.45) is 2.97. The normalized spacial score (nSPS) is 15.1. The number of hydrogen-bond donors (Lipinski definition) is 0. The fraction of sp³-hybridized carbons (Fsp3) is 0.417. The lowest BCUT2D eigenvalue weighted by molar-refractivity contribution is 0.249. The Morgan fingerprint density at radius 2 is 1.59 bits per heavy atom. The van der Waals surface area contributed by atoms with Crippen LogP contribution in [-0.4, -0.2) is 52.6 Å². The number of aromatic nitrogens is 3. The van der Waals surface area contributed by atoms with Crippen molar-refractivity contribution in [3.8, 4) is 11.3 Å². The van der Waals surface area contributed by atoms with Gasteiger partial charge < -0.3 is 4.90 Å². The van der Waals surface area contributed by atoms with Gasteiger partial charge in [-0.3, -0.25) is 4.90 Å². The molecule has 0 N–H and O–H groups in total. The minimum Gasteiger partial charge on any atom is -0.369 e. The van der Waals surface area contributed by atoms with Crippen LogP contribution in [0.5, 0.6) is 0 Å². The first-order valence-corrected chi connectivity index (χ1v) is 10.6. The van der Waals surface area contributed by atoms with Crippen LogP contribution in [0.4, 0.5) is 5.69 Å². The fourth-order valence-electron chi connectivity index (χ4n) is 4.23. The zero-order valence-corrected chi connectivity index (χ0v) is 17.8. The van der Waals surface area contributed by atoms with Gasteiger partial charge in [-0.15, -0.1) is 5.10 Å². The number of aryl methyl sites for hydroxylation is 3. The molecule has 0 saturated carbocycles. The average molecular weight is 390 g/mol. The topological polar surface area (TPSA) is 37.2 Å². The Labute approximate surface area is 174 Å². The molecule has 29 heavy (non-hydrogen) atoms. The van der Waals surface area contributed by atoms with E-state index in [0.717, 1.165) is 51.4 Å². The Morgan fingerprint density at radius 1 is 0.828 bits per heavy atom. The summed E-state index contributed by atoms with van der Waals surface area (Å²) in [4.78, 5) is 5.11. The van der Waals surface area contributed by atoms with Crippen LogP contribution < -0.4 is 4.90 Å². The maximum atomic E-state index is 4.33. The number of piperazine rings is 1. The molecule has 0 bridgehead atoms. The van der Waals surface area contributed by atoms with Crippen molar-refractivity contribution in [2.24, 2.45) is 0 Å². The van der Waals surface area contributed by atoms with Crippen molar-refractivity contribution in [1.82, 2.24) is 19.9 Å². The van der Waals surface area contributed by atoms with Gasteiger partial charge in [-0.25, -0.2) is 4.68 Å². The summed E-state index contributed by atoms with van der Waals surface area (Å²) in [6.45, 7) is 13.0. The van der Waals surface area contributed by atoms with Crippen molar-refractivity contribution in [1.29, 1.82) is 0 Å². The van der Waals surface area contributed by atoms with Crippen LogP contribution in [-0.2, 0) is 6.54 Å². The molecule has 0 amide bonds. The van der Waals surface area contributed by atoms with Gasteiger partial charge in [0.2, 0.25) is 0 Å². The average Bonchev–Trinajstić information content (AvgIpc) is 3.19. The van der Waals surface area contributed by atoms with E-state index >= 15 is 0 Å². The maximum absolute atomic E-state index is 4.33. The van der Waals surface area contributed by atoms with Crippen LogP contribution in [0.2, 0.25) is 0 Å². The Kier molecular flexibility index (Phi) is 5.95. The molecule has 1 fully saturated rings. The highest BCUT2D eigenvalue weighted by molar-refractivity contribution is 5.62. The highest BCUT2D eigenvalue weighted by Gasteiger charge is 2.18. The van der Waals surface area contributed by atoms with E-state index < -0.39 is 0 Å². The Balaban J connectivity index is 1.30. The molecule has 0 aliphatic carbocycles. The lowest BCUT2D eigenvalue weighted by atomic mass is 10.1. The van der Waals surface area contributed by atoms with Gasteiger partial charge in [-0.1, -0.05) is 41.6 Å². The largest absolute Gasteiger partial charge is 0.369 e. The highest BCUT2D eigenvalue weighted by Crippen LogP contribution is 2.24. The Hall–Kier alpha value is -2.66. The van der Waals surface area contributed by atoms with Crippen molar-refractivity contribution >= 4 is 5.69 Å². The third-order valence-electron chi connectivity index (χ3n) is 6.17. The van der Waals surface area contributed by atoms with Crippen molar-refractivity contribution in [3.05, 3.63) is 65.4 Å². The van der Waals surface area contributed by atoms with Crippen molar-refractivity contribution in [3.63, 3.8) is 0 Å². The molecule has 5 nitrogen and oxygen atoms in total. The molecule has 0 radical (unpaired) electrons. The van der Waals surface area contributed by atoms with Crippen LogP contribution in [0, 0.1) is 20.8 Å². The summed E-state index contributed by atoms with van der Waals surface area (Å²) in [6, 6.07) is 15.1. The molecular formula is C24H31N5.